The molecule has 1 heterocycles. The fraction of sp³-hybridized carbons (Fsp3) is 0.588. The van der Waals surface area contributed by atoms with Gasteiger partial charge in [-0.3, -0.25) is 0 Å². The number of nitrogens with zero attached hydrogens (tertiary/aromatic N) is 2. The molecule has 134 valence electrons. The van der Waals surface area contributed by atoms with Crippen molar-refractivity contribution in [3.05, 3.63) is 24.0 Å². The van der Waals surface area contributed by atoms with Crippen LogP contribution in [0.1, 0.15) is 12.7 Å². The first-order valence-corrected chi connectivity index (χ1v) is 8.32. The highest BCUT2D eigenvalue weighted by molar-refractivity contribution is 5.74. The number of nitrogens with two attached hydrogens (primary N) is 1. The number of imidazole rings is 1. The second-order valence-corrected chi connectivity index (χ2v) is 5.32. The van der Waals surface area contributed by atoms with Crippen LogP contribution in [0.15, 0.2) is 18.2 Å². The number of hydrogen-bond donors (Lipinski definition) is 2. The average molecular weight is 338 g/mol. The number of rotatable bonds is 11. The number of benzene rings is 1. The van der Waals surface area contributed by atoms with Crippen molar-refractivity contribution >= 4 is 11.0 Å². The van der Waals surface area contributed by atoms with E-state index < -0.39 is 0 Å². The van der Waals surface area contributed by atoms with Gasteiger partial charge in [0.1, 0.15) is 12.3 Å². The van der Waals surface area contributed by atoms with Crippen molar-refractivity contribution in [3.63, 3.8) is 0 Å². The number of methoxy groups -OCH3 is 1. The van der Waals surface area contributed by atoms with Gasteiger partial charge in [0.2, 0.25) is 0 Å². The summed E-state index contributed by atoms with van der Waals surface area (Å²) >= 11 is 0. The highest BCUT2D eigenvalue weighted by Crippen LogP contribution is 2.21. The number of aromatic nitrogens is 2. The average Bonchev–Trinajstić information content (AvgIpc) is 2.92. The molecule has 0 radical (unpaired) electrons. The van der Waals surface area contributed by atoms with Crippen LogP contribution in [0.25, 0.3) is 11.0 Å². The Hall–Kier alpha value is -1.67. The Kier molecular flexibility index (Phi) is 7.45. The van der Waals surface area contributed by atoms with Gasteiger partial charge in [-0.15, -0.1) is 0 Å². The minimum Gasteiger partial charge on any atom is -0.497 e. The van der Waals surface area contributed by atoms with Gasteiger partial charge in [-0.2, -0.15) is 0 Å². The lowest BCUT2D eigenvalue weighted by molar-refractivity contribution is -0.681. The highest BCUT2D eigenvalue weighted by Gasteiger charge is 2.23. The third kappa shape index (κ3) is 4.24. The van der Waals surface area contributed by atoms with Crippen molar-refractivity contribution in [1.29, 1.82) is 0 Å². The van der Waals surface area contributed by atoms with Gasteiger partial charge < -0.3 is 25.1 Å². The van der Waals surface area contributed by atoms with Gasteiger partial charge in [-0.25, -0.2) is 9.13 Å². The molecule has 0 bridgehead atoms. The van der Waals surface area contributed by atoms with Crippen LogP contribution in [-0.2, 0) is 29.1 Å². The quantitative estimate of drug-likeness (QED) is 0.459. The topological polar surface area (TPSA) is 82.8 Å². The second-order valence-electron chi connectivity index (χ2n) is 5.32. The van der Waals surface area contributed by atoms with Crippen LogP contribution in [0.3, 0.4) is 0 Å². The predicted molar refractivity (Wildman–Crippen MR) is 91.0 cm³/mol. The van der Waals surface area contributed by atoms with Crippen LogP contribution in [0.4, 0.5) is 0 Å². The molecule has 2 rings (SSSR count). The molecule has 7 heteroatoms. The Labute approximate surface area is 142 Å². The SMILES string of the molecule is CCn1c(CN)[n+](CCOCCOCCO)c2ccc(OC)cc21. The van der Waals surface area contributed by atoms with Gasteiger partial charge in [0.05, 0.1) is 53.2 Å². The van der Waals surface area contributed by atoms with E-state index in [1.54, 1.807) is 7.11 Å². The molecule has 0 saturated heterocycles. The summed E-state index contributed by atoms with van der Waals surface area (Å²) in [5, 5.41) is 8.65. The van der Waals surface area contributed by atoms with Crippen molar-refractivity contribution in [2.24, 2.45) is 5.73 Å². The first-order chi connectivity index (χ1) is 11.8. The molecular formula is C17H28N3O4+. The van der Waals surface area contributed by atoms with Gasteiger partial charge in [0.15, 0.2) is 11.0 Å². The van der Waals surface area contributed by atoms with Gasteiger partial charge in [0, 0.05) is 6.07 Å². The predicted octanol–water partition coefficient (Wildman–Crippen LogP) is 0.442. The van der Waals surface area contributed by atoms with Gasteiger partial charge in [0.25, 0.3) is 5.82 Å². The minimum absolute atomic E-state index is 0.0374. The Balaban J connectivity index is 2.10. The molecule has 0 unspecified atom stereocenters. The molecule has 0 atom stereocenters. The van der Waals surface area contributed by atoms with E-state index in [1.807, 2.05) is 12.1 Å². The van der Waals surface area contributed by atoms with Crippen LogP contribution < -0.4 is 15.0 Å². The van der Waals surface area contributed by atoms with Crippen molar-refractivity contribution in [1.82, 2.24) is 4.57 Å². The van der Waals surface area contributed by atoms with Crippen molar-refractivity contribution in [2.75, 3.05) is 40.1 Å². The molecule has 3 N–H and O–H groups in total. The standard InChI is InChI=1S/C17H28N3O4/c1-3-19-16-12-14(22-2)4-5-15(16)20(17(19)13-18)6-8-23-10-11-24-9-7-21/h4-5,12,21H,3,6-11,13,18H2,1-2H3/q+1. The lowest BCUT2D eigenvalue weighted by Gasteiger charge is -2.05. The third-order valence-electron chi connectivity index (χ3n) is 3.95. The molecule has 0 amide bonds. The minimum atomic E-state index is 0.0374. The number of aryl methyl sites for hydroxylation is 1. The summed E-state index contributed by atoms with van der Waals surface area (Å²) in [7, 11) is 1.67. The Bertz CT molecular complexity index is 642. The number of ether oxygens (including phenoxy) is 3. The van der Waals surface area contributed by atoms with E-state index in [9.17, 15) is 0 Å². The van der Waals surface area contributed by atoms with Gasteiger partial charge in [-0.05, 0) is 19.1 Å². The molecule has 0 aliphatic rings. The second kappa shape index (κ2) is 9.58. The summed E-state index contributed by atoms with van der Waals surface area (Å²) < 4.78 is 20.5. The zero-order chi connectivity index (χ0) is 17.4. The summed E-state index contributed by atoms with van der Waals surface area (Å²) in [6, 6.07) is 6.06. The van der Waals surface area contributed by atoms with Gasteiger partial charge in [-0.1, -0.05) is 0 Å². The number of hydrogen-bond acceptors (Lipinski definition) is 5. The van der Waals surface area contributed by atoms with Crippen LogP contribution in [0.5, 0.6) is 5.75 Å². The summed E-state index contributed by atoms with van der Waals surface area (Å²) in [5.41, 5.74) is 8.23. The molecular weight excluding hydrogens is 310 g/mol. The van der Waals surface area contributed by atoms with Crippen molar-refractivity contribution in [2.45, 2.75) is 26.6 Å². The maximum atomic E-state index is 8.65. The first kappa shape index (κ1) is 18.7. The van der Waals surface area contributed by atoms with E-state index >= 15 is 0 Å². The maximum Gasteiger partial charge on any atom is 0.271 e. The highest BCUT2D eigenvalue weighted by atomic mass is 16.5. The molecule has 0 spiro atoms. The molecule has 24 heavy (non-hydrogen) atoms. The number of fused-ring (bicyclic) bond motifs is 1. The number of aliphatic hydroxyl groups excluding tert-OH is 1. The lowest BCUT2D eigenvalue weighted by atomic mass is 10.3. The Morgan fingerprint density at radius 3 is 2.54 bits per heavy atom. The first-order valence-electron chi connectivity index (χ1n) is 8.32. The van der Waals surface area contributed by atoms with Crippen molar-refractivity contribution < 1.29 is 23.9 Å². The van der Waals surface area contributed by atoms with Crippen molar-refractivity contribution in [3.8, 4) is 5.75 Å². The zero-order valence-electron chi connectivity index (χ0n) is 14.5. The van der Waals surface area contributed by atoms with E-state index in [4.69, 9.17) is 25.1 Å². The summed E-state index contributed by atoms with van der Waals surface area (Å²) in [6.07, 6.45) is 0. The molecule has 0 saturated carbocycles. The smallest absolute Gasteiger partial charge is 0.271 e. The van der Waals surface area contributed by atoms with E-state index in [0.29, 0.717) is 33.0 Å². The molecule has 0 aliphatic carbocycles. The van der Waals surface area contributed by atoms with Crippen LogP contribution in [-0.4, -0.2) is 49.8 Å². The molecule has 1 aromatic heterocycles. The van der Waals surface area contributed by atoms with E-state index in [1.165, 1.54) is 0 Å². The Morgan fingerprint density at radius 1 is 1.17 bits per heavy atom. The zero-order valence-corrected chi connectivity index (χ0v) is 14.5. The normalized spacial score (nSPS) is 11.3. The van der Waals surface area contributed by atoms with E-state index in [-0.39, 0.29) is 6.61 Å². The summed E-state index contributed by atoms with van der Waals surface area (Å²) in [4.78, 5) is 0. The van der Waals surface area contributed by atoms with Crippen LogP contribution in [0.2, 0.25) is 0 Å². The number of aliphatic hydroxyl groups is 1. The summed E-state index contributed by atoms with van der Waals surface area (Å²) in [6.45, 7) is 6.11. The maximum absolute atomic E-state index is 8.65. The van der Waals surface area contributed by atoms with Crippen LogP contribution >= 0.6 is 0 Å². The van der Waals surface area contributed by atoms with Crippen LogP contribution in [0, 0.1) is 0 Å². The molecule has 0 aliphatic heterocycles. The summed E-state index contributed by atoms with van der Waals surface area (Å²) in [5.74, 6) is 1.91. The largest absolute Gasteiger partial charge is 0.497 e. The lowest BCUT2D eigenvalue weighted by Crippen LogP contribution is -2.41. The molecule has 1 aromatic carbocycles. The molecule has 2 aromatic rings. The molecule has 0 fully saturated rings. The van der Waals surface area contributed by atoms with Gasteiger partial charge >= 0.3 is 0 Å². The fourth-order valence-electron chi connectivity index (χ4n) is 2.86. The monoisotopic (exact) mass is 338 g/mol. The van der Waals surface area contributed by atoms with E-state index in [2.05, 4.69) is 22.1 Å². The Morgan fingerprint density at radius 2 is 1.92 bits per heavy atom. The van der Waals surface area contributed by atoms with E-state index in [0.717, 1.165) is 35.7 Å². The molecule has 7 nitrogen and oxygen atoms in total. The third-order valence-corrected chi connectivity index (χ3v) is 3.95. The fourth-order valence-corrected chi connectivity index (χ4v) is 2.86.